The van der Waals surface area contributed by atoms with E-state index in [1.54, 1.807) is 7.05 Å². The van der Waals surface area contributed by atoms with Crippen molar-refractivity contribution >= 4 is 5.91 Å². The van der Waals surface area contributed by atoms with Crippen LogP contribution in [-0.4, -0.2) is 37.5 Å². The molecule has 0 aliphatic carbocycles. The third kappa shape index (κ3) is 2.84. The first-order chi connectivity index (χ1) is 6.27. The first-order valence-electron chi connectivity index (χ1n) is 4.83. The summed E-state index contributed by atoms with van der Waals surface area (Å²) in [5.74, 6) is 0.698. The van der Waals surface area contributed by atoms with Crippen LogP contribution < -0.4 is 5.32 Å². The summed E-state index contributed by atoms with van der Waals surface area (Å²) in [4.78, 5) is 13.4. The molecule has 1 unspecified atom stereocenters. The van der Waals surface area contributed by atoms with Crippen LogP contribution in [0.15, 0.2) is 12.7 Å². The van der Waals surface area contributed by atoms with Crippen molar-refractivity contribution < 1.29 is 4.79 Å². The molecule has 1 aliphatic rings. The number of carbonyl (C=O) groups excluding carboxylic acids is 1. The van der Waals surface area contributed by atoms with Gasteiger partial charge in [0.05, 0.1) is 6.54 Å². The van der Waals surface area contributed by atoms with E-state index in [-0.39, 0.29) is 5.91 Å². The van der Waals surface area contributed by atoms with Crippen LogP contribution >= 0.6 is 0 Å². The molecule has 0 spiro atoms. The van der Waals surface area contributed by atoms with Gasteiger partial charge in [0.25, 0.3) is 0 Å². The van der Waals surface area contributed by atoms with Gasteiger partial charge in [0, 0.05) is 13.1 Å². The minimum Gasteiger partial charge on any atom is -0.341 e. The molecular weight excluding hydrogens is 164 g/mol. The summed E-state index contributed by atoms with van der Waals surface area (Å²) in [5, 5.41) is 2.88. The maximum Gasteiger partial charge on any atom is 0.236 e. The lowest BCUT2D eigenvalue weighted by molar-refractivity contribution is -0.131. The topological polar surface area (TPSA) is 32.3 Å². The second kappa shape index (κ2) is 5.02. The van der Waals surface area contributed by atoms with Gasteiger partial charge in [-0.25, -0.2) is 0 Å². The molecule has 1 heterocycles. The van der Waals surface area contributed by atoms with E-state index in [4.69, 9.17) is 0 Å². The minimum atomic E-state index is 0.203. The number of carbonyl (C=O) groups is 1. The van der Waals surface area contributed by atoms with Crippen molar-refractivity contribution in [1.82, 2.24) is 10.2 Å². The Kier molecular flexibility index (Phi) is 3.96. The number of piperidine rings is 1. The Bertz CT molecular complexity index is 191. The molecule has 0 saturated carbocycles. The third-order valence-electron chi connectivity index (χ3n) is 2.47. The highest BCUT2D eigenvalue weighted by molar-refractivity contribution is 5.78. The molecule has 1 fully saturated rings. The van der Waals surface area contributed by atoms with E-state index in [0.717, 1.165) is 19.5 Å². The van der Waals surface area contributed by atoms with Gasteiger partial charge in [-0.3, -0.25) is 4.79 Å². The molecular formula is C10H18N2O. The molecule has 1 N–H and O–H groups in total. The summed E-state index contributed by atoms with van der Waals surface area (Å²) in [6.07, 6.45) is 4.23. The fourth-order valence-electron chi connectivity index (χ4n) is 1.69. The predicted molar refractivity (Wildman–Crippen MR) is 53.4 cm³/mol. The van der Waals surface area contributed by atoms with Crippen LogP contribution in [0.5, 0.6) is 0 Å². The van der Waals surface area contributed by atoms with Crippen molar-refractivity contribution in [2.75, 3.05) is 26.7 Å². The van der Waals surface area contributed by atoms with Crippen molar-refractivity contribution in [2.24, 2.45) is 5.92 Å². The van der Waals surface area contributed by atoms with Gasteiger partial charge in [-0.05, 0) is 25.8 Å². The van der Waals surface area contributed by atoms with Crippen molar-refractivity contribution in [1.29, 1.82) is 0 Å². The highest BCUT2D eigenvalue weighted by Gasteiger charge is 2.20. The molecule has 1 amide bonds. The molecule has 0 aromatic heterocycles. The smallest absolute Gasteiger partial charge is 0.236 e. The Morgan fingerprint density at radius 2 is 2.54 bits per heavy atom. The molecule has 1 aliphatic heterocycles. The van der Waals surface area contributed by atoms with Crippen LogP contribution in [0, 0.1) is 5.92 Å². The molecule has 0 bridgehead atoms. The number of rotatable bonds is 3. The quantitative estimate of drug-likeness (QED) is 0.649. The molecule has 0 aromatic rings. The van der Waals surface area contributed by atoms with Gasteiger partial charge in [-0.15, -0.1) is 6.58 Å². The lowest BCUT2D eigenvalue weighted by Crippen LogP contribution is -2.43. The van der Waals surface area contributed by atoms with Crippen LogP contribution in [-0.2, 0) is 4.79 Å². The molecule has 3 nitrogen and oxygen atoms in total. The zero-order valence-corrected chi connectivity index (χ0v) is 8.25. The van der Waals surface area contributed by atoms with Crippen molar-refractivity contribution in [3.05, 3.63) is 12.7 Å². The lowest BCUT2D eigenvalue weighted by atomic mass is 9.98. The third-order valence-corrected chi connectivity index (χ3v) is 2.47. The number of likely N-dealkylation sites (N-methyl/N-ethyl adjacent to an activating group) is 1. The van der Waals surface area contributed by atoms with E-state index < -0.39 is 0 Å². The number of nitrogens with one attached hydrogen (secondary N) is 1. The molecule has 0 radical (unpaired) electrons. The van der Waals surface area contributed by atoms with Gasteiger partial charge in [0.15, 0.2) is 0 Å². The summed E-state index contributed by atoms with van der Waals surface area (Å²) in [5.41, 5.74) is 0. The molecule has 1 atom stereocenters. The van der Waals surface area contributed by atoms with Gasteiger partial charge < -0.3 is 10.2 Å². The van der Waals surface area contributed by atoms with E-state index in [1.165, 1.54) is 6.42 Å². The average Bonchev–Trinajstić information content (AvgIpc) is 2.18. The van der Waals surface area contributed by atoms with Crippen LogP contribution in [0.4, 0.5) is 0 Å². The fraction of sp³-hybridized carbons (Fsp3) is 0.700. The standard InChI is InChI=1S/C10H18N2O/c1-3-9-5-4-6-12(8-9)10(13)7-11-2/h3,9,11H,1,4-8H2,2H3. The monoisotopic (exact) mass is 182 g/mol. The highest BCUT2D eigenvalue weighted by atomic mass is 16.2. The highest BCUT2D eigenvalue weighted by Crippen LogP contribution is 2.16. The van der Waals surface area contributed by atoms with Crippen LogP contribution in [0.25, 0.3) is 0 Å². The lowest BCUT2D eigenvalue weighted by Gasteiger charge is -2.31. The number of hydrogen-bond donors (Lipinski definition) is 1. The normalized spacial score (nSPS) is 22.8. The van der Waals surface area contributed by atoms with Crippen LogP contribution in [0.2, 0.25) is 0 Å². The Morgan fingerprint density at radius 1 is 1.77 bits per heavy atom. The Hall–Kier alpha value is -0.830. The molecule has 3 heteroatoms. The Balaban J connectivity index is 2.41. The number of nitrogens with zero attached hydrogens (tertiary/aromatic N) is 1. The molecule has 0 aromatic carbocycles. The second-order valence-corrected chi connectivity index (χ2v) is 3.51. The zero-order chi connectivity index (χ0) is 9.68. The largest absolute Gasteiger partial charge is 0.341 e. The molecule has 1 rings (SSSR count). The van der Waals surface area contributed by atoms with Crippen LogP contribution in [0.3, 0.4) is 0 Å². The molecule has 74 valence electrons. The SMILES string of the molecule is C=CC1CCCN(C(=O)CNC)C1. The van der Waals surface area contributed by atoms with Crippen molar-refractivity contribution in [3.8, 4) is 0 Å². The zero-order valence-electron chi connectivity index (χ0n) is 8.25. The summed E-state index contributed by atoms with van der Waals surface area (Å²) < 4.78 is 0. The summed E-state index contributed by atoms with van der Waals surface area (Å²) in [6, 6.07) is 0. The van der Waals surface area contributed by atoms with E-state index in [1.807, 2.05) is 11.0 Å². The first-order valence-corrected chi connectivity index (χ1v) is 4.83. The average molecular weight is 182 g/mol. The summed E-state index contributed by atoms with van der Waals surface area (Å²) >= 11 is 0. The maximum absolute atomic E-state index is 11.5. The molecule has 13 heavy (non-hydrogen) atoms. The number of likely N-dealkylation sites (tertiary alicyclic amines) is 1. The summed E-state index contributed by atoms with van der Waals surface area (Å²) in [7, 11) is 1.80. The minimum absolute atomic E-state index is 0.203. The second-order valence-electron chi connectivity index (χ2n) is 3.51. The van der Waals surface area contributed by atoms with E-state index in [9.17, 15) is 4.79 Å². The first kappa shape index (κ1) is 10.3. The fourth-order valence-corrected chi connectivity index (χ4v) is 1.69. The maximum atomic E-state index is 11.5. The van der Waals surface area contributed by atoms with E-state index in [0.29, 0.717) is 12.5 Å². The summed E-state index contributed by atoms with van der Waals surface area (Å²) in [6.45, 7) is 5.98. The van der Waals surface area contributed by atoms with Gasteiger partial charge in [-0.2, -0.15) is 0 Å². The van der Waals surface area contributed by atoms with Crippen LogP contribution in [0.1, 0.15) is 12.8 Å². The van der Waals surface area contributed by atoms with E-state index >= 15 is 0 Å². The van der Waals surface area contributed by atoms with Gasteiger partial charge in [-0.1, -0.05) is 6.08 Å². The Labute approximate surface area is 79.8 Å². The van der Waals surface area contributed by atoms with Gasteiger partial charge in [0.2, 0.25) is 5.91 Å². The van der Waals surface area contributed by atoms with Crippen molar-refractivity contribution in [2.45, 2.75) is 12.8 Å². The predicted octanol–water partition coefficient (Wildman–Crippen LogP) is 0.630. The van der Waals surface area contributed by atoms with Gasteiger partial charge in [0.1, 0.15) is 0 Å². The Morgan fingerprint density at radius 3 is 3.15 bits per heavy atom. The van der Waals surface area contributed by atoms with Gasteiger partial charge >= 0.3 is 0 Å². The van der Waals surface area contributed by atoms with E-state index in [2.05, 4.69) is 11.9 Å². The molecule has 1 saturated heterocycles. The number of amides is 1. The number of hydrogen-bond acceptors (Lipinski definition) is 2. The van der Waals surface area contributed by atoms with Crippen molar-refractivity contribution in [3.63, 3.8) is 0 Å².